The van der Waals surface area contributed by atoms with Crippen LogP contribution in [0.4, 0.5) is 4.39 Å². The van der Waals surface area contributed by atoms with E-state index in [0.717, 1.165) is 9.99 Å². The van der Waals surface area contributed by atoms with Gasteiger partial charge in [-0.2, -0.15) is 0 Å². The summed E-state index contributed by atoms with van der Waals surface area (Å²) in [6.07, 6.45) is 0.109. The molecule has 0 amide bonds. The SMILES string of the molecule is CCC(C)[C@H](O)[C@H](N)c1cc(I)ccc1F. The molecular weight excluding hydrogens is 320 g/mol. The molecule has 0 aliphatic rings. The van der Waals surface area contributed by atoms with E-state index in [1.165, 1.54) is 6.07 Å². The largest absolute Gasteiger partial charge is 0.391 e. The number of rotatable bonds is 4. The van der Waals surface area contributed by atoms with Crippen LogP contribution in [0.25, 0.3) is 0 Å². The van der Waals surface area contributed by atoms with Crippen LogP contribution in [0.1, 0.15) is 31.9 Å². The molecule has 2 nitrogen and oxygen atoms in total. The number of nitrogens with two attached hydrogens (primary N) is 1. The molecule has 0 aliphatic heterocycles. The molecule has 4 heteroatoms. The van der Waals surface area contributed by atoms with Gasteiger partial charge in [-0.25, -0.2) is 4.39 Å². The van der Waals surface area contributed by atoms with Gasteiger partial charge >= 0.3 is 0 Å². The lowest BCUT2D eigenvalue weighted by Gasteiger charge is -2.24. The fourth-order valence-electron chi connectivity index (χ4n) is 1.55. The van der Waals surface area contributed by atoms with Gasteiger partial charge in [-0.05, 0) is 46.7 Å². The Balaban J connectivity index is 2.95. The molecule has 16 heavy (non-hydrogen) atoms. The first-order chi connectivity index (χ1) is 7.47. The first-order valence-electron chi connectivity index (χ1n) is 5.36. The molecule has 1 unspecified atom stereocenters. The van der Waals surface area contributed by atoms with Crippen molar-refractivity contribution in [2.24, 2.45) is 11.7 Å². The summed E-state index contributed by atoms with van der Waals surface area (Å²) in [5.41, 5.74) is 6.28. The van der Waals surface area contributed by atoms with Gasteiger partial charge < -0.3 is 10.8 Å². The number of aliphatic hydroxyl groups is 1. The minimum Gasteiger partial charge on any atom is -0.391 e. The van der Waals surface area contributed by atoms with Crippen LogP contribution in [0.2, 0.25) is 0 Å². The van der Waals surface area contributed by atoms with Crippen molar-refractivity contribution < 1.29 is 9.50 Å². The highest BCUT2D eigenvalue weighted by Crippen LogP contribution is 2.25. The van der Waals surface area contributed by atoms with Gasteiger partial charge in [-0.3, -0.25) is 0 Å². The van der Waals surface area contributed by atoms with Gasteiger partial charge in [-0.1, -0.05) is 20.3 Å². The van der Waals surface area contributed by atoms with Crippen molar-refractivity contribution in [1.29, 1.82) is 0 Å². The summed E-state index contributed by atoms with van der Waals surface area (Å²) >= 11 is 2.10. The molecule has 1 aromatic carbocycles. The number of hydrogen-bond donors (Lipinski definition) is 2. The van der Waals surface area contributed by atoms with Crippen LogP contribution in [0.5, 0.6) is 0 Å². The Bertz CT molecular complexity index is 359. The van der Waals surface area contributed by atoms with Crippen LogP contribution < -0.4 is 5.73 Å². The van der Waals surface area contributed by atoms with E-state index in [1.54, 1.807) is 12.1 Å². The highest BCUT2D eigenvalue weighted by molar-refractivity contribution is 14.1. The van der Waals surface area contributed by atoms with Crippen molar-refractivity contribution in [3.05, 3.63) is 33.1 Å². The van der Waals surface area contributed by atoms with Gasteiger partial charge in [0, 0.05) is 9.13 Å². The van der Waals surface area contributed by atoms with Crippen molar-refractivity contribution in [2.75, 3.05) is 0 Å². The molecule has 0 aliphatic carbocycles. The molecule has 0 saturated heterocycles. The second-order valence-corrected chi connectivity index (χ2v) is 5.31. The van der Waals surface area contributed by atoms with Crippen LogP contribution in [0.15, 0.2) is 18.2 Å². The Morgan fingerprint density at radius 3 is 2.69 bits per heavy atom. The lowest BCUT2D eigenvalue weighted by Crippen LogP contribution is -2.32. The molecule has 1 aromatic rings. The zero-order chi connectivity index (χ0) is 12.3. The molecule has 3 N–H and O–H groups in total. The Kier molecular flexibility index (Phi) is 5.14. The summed E-state index contributed by atoms with van der Waals surface area (Å²) < 4.78 is 14.5. The molecular formula is C12H17FINO. The minimum atomic E-state index is -0.710. The van der Waals surface area contributed by atoms with Gasteiger partial charge in [0.15, 0.2) is 0 Å². The second-order valence-electron chi connectivity index (χ2n) is 4.07. The van der Waals surface area contributed by atoms with E-state index in [4.69, 9.17) is 5.73 Å². The molecule has 0 heterocycles. The summed E-state index contributed by atoms with van der Waals surface area (Å²) in [5, 5.41) is 9.96. The Morgan fingerprint density at radius 1 is 1.50 bits per heavy atom. The van der Waals surface area contributed by atoms with Crippen molar-refractivity contribution in [2.45, 2.75) is 32.4 Å². The van der Waals surface area contributed by atoms with Gasteiger partial charge in [0.1, 0.15) is 5.82 Å². The van der Waals surface area contributed by atoms with E-state index in [9.17, 15) is 9.50 Å². The maximum absolute atomic E-state index is 13.6. The van der Waals surface area contributed by atoms with Gasteiger partial charge in [0.05, 0.1) is 12.1 Å². The number of halogens is 2. The van der Waals surface area contributed by atoms with Crippen molar-refractivity contribution >= 4 is 22.6 Å². The third-order valence-electron chi connectivity index (χ3n) is 2.91. The molecule has 0 spiro atoms. The zero-order valence-electron chi connectivity index (χ0n) is 9.45. The van der Waals surface area contributed by atoms with Crippen molar-refractivity contribution in [1.82, 2.24) is 0 Å². The summed E-state index contributed by atoms with van der Waals surface area (Å²) in [4.78, 5) is 0. The standard InChI is InChI=1S/C12H17FINO/c1-3-7(2)12(16)11(15)9-6-8(14)4-5-10(9)13/h4-7,11-12,16H,3,15H2,1-2H3/t7?,11-,12+/m1/s1. The predicted molar refractivity (Wildman–Crippen MR) is 71.5 cm³/mol. The minimum absolute atomic E-state index is 0.0623. The second kappa shape index (κ2) is 5.93. The van der Waals surface area contributed by atoms with E-state index in [-0.39, 0.29) is 11.7 Å². The summed E-state index contributed by atoms with van der Waals surface area (Å²) in [6.45, 7) is 3.89. The highest BCUT2D eigenvalue weighted by atomic mass is 127. The maximum atomic E-state index is 13.6. The average molecular weight is 337 g/mol. The van der Waals surface area contributed by atoms with E-state index < -0.39 is 12.1 Å². The Hall–Kier alpha value is -0.200. The molecule has 3 atom stereocenters. The van der Waals surface area contributed by atoms with E-state index in [1.807, 2.05) is 13.8 Å². The molecule has 0 saturated carbocycles. The fourth-order valence-corrected chi connectivity index (χ4v) is 2.06. The lowest BCUT2D eigenvalue weighted by molar-refractivity contribution is 0.0867. The van der Waals surface area contributed by atoms with Crippen LogP contribution >= 0.6 is 22.6 Å². The smallest absolute Gasteiger partial charge is 0.128 e. The Labute approximate surface area is 109 Å². The van der Waals surface area contributed by atoms with Crippen LogP contribution in [-0.2, 0) is 0 Å². The first kappa shape index (κ1) is 13.9. The molecule has 0 bridgehead atoms. The number of aliphatic hydroxyl groups excluding tert-OH is 1. The number of hydrogen-bond acceptors (Lipinski definition) is 2. The molecule has 0 fully saturated rings. The van der Waals surface area contributed by atoms with E-state index in [0.29, 0.717) is 5.56 Å². The van der Waals surface area contributed by atoms with Crippen LogP contribution in [0, 0.1) is 15.3 Å². The zero-order valence-corrected chi connectivity index (χ0v) is 11.6. The predicted octanol–water partition coefficient (Wildman–Crippen LogP) is 2.84. The average Bonchev–Trinajstić information content (AvgIpc) is 2.29. The van der Waals surface area contributed by atoms with Gasteiger partial charge in [0.25, 0.3) is 0 Å². The van der Waals surface area contributed by atoms with Crippen molar-refractivity contribution in [3.63, 3.8) is 0 Å². The molecule has 0 radical (unpaired) electrons. The van der Waals surface area contributed by atoms with Gasteiger partial charge in [-0.15, -0.1) is 0 Å². The molecule has 1 rings (SSSR count). The summed E-state index contributed by atoms with van der Waals surface area (Å²) in [7, 11) is 0. The maximum Gasteiger partial charge on any atom is 0.128 e. The Morgan fingerprint density at radius 2 is 2.12 bits per heavy atom. The fraction of sp³-hybridized carbons (Fsp3) is 0.500. The topological polar surface area (TPSA) is 46.2 Å². The lowest BCUT2D eigenvalue weighted by atomic mass is 9.91. The molecule has 0 aromatic heterocycles. The first-order valence-corrected chi connectivity index (χ1v) is 6.43. The summed E-state index contributed by atoms with van der Waals surface area (Å²) in [6, 6.07) is 4.10. The number of benzene rings is 1. The van der Waals surface area contributed by atoms with Gasteiger partial charge in [0.2, 0.25) is 0 Å². The molecule has 90 valence electrons. The quantitative estimate of drug-likeness (QED) is 0.830. The third-order valence-corrected chi connectivity index (χ3v) is 3.58. The highest BCUT2D eigenvalue weighted by Gasteiger charge is 2.24. The summed E-state index contributed by atoms with van der Waals surface area (Å²) in [5.74, 6) is -0.289. The normalized spacial score (nSPS) is 16.9. The van der Waals surface area contributed by atoms with Crippen molar-refractivity contribution in [3.8, 4) is 0 Å². The van der Waals surface area contributed by atoms with Crippen LogP contribution in [0.3, 0.4) is 0 Å². The monoisotopic (exact) mass is 337 g/mol. The third kappa shape index (κ3) is 3.15. The van der Waals surface area contributed by atoms with Crippen LogP contribution in [-0.4, -0.2) is 11.2 Å². The van der Waals surface area contributed by atoms with E-state index in [2.05, 4.69) is 22.6 Å². The van der Waals surface area contributed by atoms with E-state index >= 15 is 0 Å².